The second-order valence-electron chi connectivity index (χ2n) is 5.70. The lowest BCUT2D eigenvalue weighted by molar-refractivity contribution is 0.345. The van der Waals surface area contributed by atoms with Gasteiger partial charge in [0.25, 0.3) is 0 Å². The molecule has 3 nitrogen and oxygen atoms in total. The molecule has 94 valence electrons. The van der Waals surface area contributed by atoms with Gasteiger partial charge in [0, 0.05) is 25.0 Å². The van der Waals surface area contributed by atoms with Crippen LogP contribution in [0.15, 0.2) is 12.4 Å². The normalized spacial score (nSPS) is 31.2. The zero-order valence-electron chi connectivity index (χ0n) is 10.7. The fraction of sp³-hybridized carbons (Fsp3) is 0.786. The zero-order chi connectivity index (χ0) is 11.7. The average Bonchev–Trinajstić information content (AvgIpc) is 3.02. The number of imidazole rings is 1. The summed E-state index contributed by atoms with van der Waals surface area (Å²) in [5.41, 5.74) is 0. The van der Waals surface area contributed by atoms with Gasteiger partial charge < -0.3 is 9.88 Å². The van der Waals surface area contributed by atoms with Crippen LogP contribution in [0.25, 0.3) is 0 Å². The first kappa shape index (κ1) is 11.3. The highest BCUT2D eigenvalue weighted by atomic mass is 15.1. The number of nitrogens with one attached hydrogen (secondary N) is 1. The molecule has 2 bridgehead atoms. The van der Waals surface area contributed by atoms with Crippen molar-refractivity contribution in [3.05, 3.63) is 18.2 Å². The van der Waals surface area contributed by atoms with Gasteiger partial charge in [0.2, 0.25) is 0 Å². The Bertz CT molecular complexity index is 371. The standard InChI is InChI=1S/C14H23N3/c1-2-6-17-7-5-15-14(17)10-16-13-9-11-3-4-12(13)8-11/h5,7,11-13,16H,2-4,6,8-10H2,1H3. The quantitative estimate of drug-likeness (QED) is 0.847. The van der Waals surface area contributed by atoms with Gasteiger partial charge >= 0.3 is 0 Å². The highest BCUT2D eigenvalue weighted by Crippen LogP contribution is 2.44. The van der Waals surface area contributed by atoms with Crippen LogP contribution in [0.4, 0.5) is 0 Å². The van der Waals surface area contributed by atoms with Gasteiger partial charge in [-0.3, -0.25) is 0 Å². The number of hydrogen-bond donors (Lipinski definition) is 1. The summed E-state index contributed by atoms with van der Waals surface area (Å²) >= 11 is 0. The largest absolute Gasteiger partial charge is 0.334 e. The van der Waals surface area contributed by atoms with Gasteiger partial charge in [0.15, 0.2) is 0 Å². The van der Waals surface area contributed by atoms with Crippen LogP contribution in [0.1, 0.15) is 44.9 Å². The Labute approximate surface area is 104 Å². The van der Waals surface area contributed by atoms with Crippen molar-refractivity contribution in [1.29, 1.82) is 0 Å². The van der Waals surface area contributed by atoms with Crippen molar-refractivity contribution in [2.45, 2.75) is 58.2 Å². The SMILES string of the molecule is CCCn1ccnc1CNC1CC2CCC1C2. The molecule has 1 N–H and O–H groups in total. The molecule has 3 unspecified atom stereocenters. The molecule has 3 atom stereocenters. The van der Waals surface area contributed by atoms with Gasteiger partial charge in [-0.1, -0.05) is 13.3 Å². The molecule has 3 heteroatoms. The smallest absolute Gasteiger partial charge is 0.122 e. The summed E-state index contributed by atoms with van der Waals surface area (Å²) in [5, 5.41) is 3.73. The lowest BCUT2D eigenvalue weighted by Gasteiger charge is -2.23. The van der Waals surface area contributed by atoms with Gasteiger partial charge in [-0.25, -0.2) is 4.98 Å². The molecule has 3 rings (SSSR count). The number of fused-ring (bicyclic) bond motifs is 2. The van der Waals surface area contributed by atoms with Crippen LogP contribution in [0.2, 0.25) is 0 Å². The minimum absolute atomic E-state index is 0.764. The molecule has 2 aliphatic rings. The van der Waals surface area contributed by atoms with Gasteiger partial charge in [-0.05, 0) is 37.5 Å². The highest BCUT2D eigenvalue weighted by molar-refractivity contribution is 4.97. The fourth-order valence-corrected chi connectivity index (χ4v) is 3.67. The predicted octanol–water partition coefficient (Wildman–Crippen LogP) is 2.57. The molecule has 2 fully saturated rings. The molecule has 2 aliphatic carbocycles. The van der Waals surface area contributed by atoms with Crippen molar-refractivity contribution in [2.75, 3.05) is 0 Å². The lowest BCUT2D eigenvalue weighted by Crippen LogP contribution is -2.34. The van der Waals surface area contributed by atoms with Crippen LogP contribution in [0.3, 0.4) is 0 Å². The third kappa shape index (κ3) is 2.25. The van der Waals surface area contributed by atoms with Crippen LogP contribution in [0, 0.1) is 11.8 Å². The van der Waals surface area contributed by atoms with E-state index in [1.54, 1.807) is 0 Å². The Morgan fingerprint density at radius 1 is 1.41 bits per heavy atom. The van der Waals surface area contributed by atoms with Crippen LogP contribution >= 0.6 is 0 Å². The second kappa shape index (κ2) is 4.81. The Morgan fingerprint density at radius 3 is 3.06 bits per heavy atom. The zero-order valence-corrected chi connectivity index (χ0v) is 10.7. The molecular weight excluding hydrogens is 210 g/mol. The number of rotatable bonds is 5. The number of hydrogen-bond acceptors (Lipinski definition) is 2. The third-order valence-electron chi connectivity index (χ3n) is 4.53. The van der Waals surface area contributed by atoms with Crippen LogP contribution in [-0.4, -0.2) is 15.6 Å². The molecule has 0 spiro atoms. The molecule has 1 aromatic rings. The number of aromatic nitrogens is 2. The Kier molecular flexibility index (Phi) is 3.19. The monoisotopic (exact) mass is 233 g/mol. The number of nitrogens with zero attached hydrogens (tertiary/aromatic N) is 2. The van der Waals surface area contributed by atoms with Crippen molar-refractivity contribution in [3.63, 3.8) is 0 Å². The van der Waals surface area contributed by atoms with Crippen molar-refractivity contribution in [2.24, 2.45) is 11.8 Å². The van der Waals surface area contributed by atoms with E-state index in [1.165, 1.54) is 37.9 Å². The molecule has 17 heavy (non-hydrogen) atoms. The fourth-order valence-electron chi connectivity index (χ4n) is 3.67. The first-order valence-electron chi connectivity index (χ1n) is 7.10. The van der Waals surface area contributed by atoms with Crippen LogP contribution < -0.4 is 5.32 Å². The lowest BCUT2D eigenvalue weighted by atomic mass is 9.95. The molecule has 0 saturated heterocycles. The average molecular weight is 233 g/mol. The summed E-state index contributed by atoms with van der Waals surface area (Å²) in [6.07, 6.45) is 11.0. The van der Waals surface area contributed by atoms with E-state index in [0.717, 1.165) is 31.0 Å². The van der Waals surface area contributed by atoms with Gasteiger partial charge in [0.05, 0.1) is 6.54 Å². The van der Waals surface area contributed by atoms with E-state index < -0.39 is 0 Å². The van der Waals surface area contributed by atoms with Gasteiger partial charge in [0.1, 0.15) is 5.82 Å². The van der Waals surface area contributed by atoms with E-state index in [1.807, 2.05) is 6.20 Å². The molecule has 1 aromatic heterocycles. The molecule has 0 aromatic carbocycles. The first-order valence-corrected chi connectivity index (χ1v) is 7.10. The Morgan fingerprint density at radius 2 is 2.35 bits per heavy atom. The van der Waals surface area contributed by atoms with E-state index >= 15 is 0 Å². The minimum Gasteiger partial charge on any atom is -0.334 e. The molecule has 2 saturated carbocycles. The van der Waals surface area contributed by atoms with Crippen molar-refractivity contribution in [3.8, 4) is 0 Å². The maximum absolute atomic E-state index is 4.46. The summed E-state index contributed by atoms with van der Waals surface area (Å²) in [7, 11) is 0. The first-order chi connectivity index (χ1) is 8.36. The Balaban J connectivity index is 1.55. The predicted molar refractivity (Wildman–Crippen MR) is 68.6 cm³/mol. The van der Waals surface area contributed by atoms with Crippen molar-refractivity contribution >= 4 is 0 Å². The van der Waals surface area contributed by atoms with E-state index in [4.69, 9.17) is 0 Å². The molecule has 0 aliphatic heterocycles. The maximum Gasteiger partial charge on any atom is 0.122 e. The minimum atomic E-state index is 0.764. The summed E-state index contributed by atoms with van der Waals surface area (Å²) in [5.74, 6) is 3.18. The van der Waals surface area contributed by atoms with E-state index in [-0.39, 0.29) is 0 Å². The Hall–Kier alpha value is -0.830. The van der Waals surface area contributed by atoms with Crippen molar-refractivity contribution in [1.82, 2.24) is 14.9 Å². The summed E-state index contributed by atoms with van der Waals surface area (Å²) in [6.45, 7) is 4.25. The summed E-state index contributed by atoms with van der Waals surface area (Å²) < 4.78 is 2.28. The topological polar surface area (TPSA) is 29.9 Å². The molecular formula is C14H23N3. The molecule has 0 amide bonds. The van der Waals surface area contributed by atoms with Crippen molar-refractivity contribution < 1.29 is 0 Å². The third-order valence-corrected chi connectivity index (χ3v) is 4.53. The highest BCUT2D eigenvalue weighted by Gasteiger charge is 2.39. The van der Waals surface area contributed by atoms with E-state index in [9.17, 15) is 0 Å². The second-order valence-corrected chi connectivity index (χ2v) is 5.70. The van der Waals surface area contributed by atoms with Gasteiger partial charge in [-0.2, -0.15) is 0 Å². The van der Waals surface area contributed by atoms with Crippen LogP contribution in [-0.2, 0) is 13.1 Å². The van der Waals surface area contributed by atoms with E-state index in [2.05, 4.69) is 28.0 Å². The van der Waals surface area contributed by atoms with Gasteiger partial charge in [-0.15, -0.1) is 0 Å². The molecule has 1 heterocycles. The van der Waals surface area contributed by atoms with E-state index in [0.29, 0.717) is 0 Å². The summed E-state index contributed by atoms with van der Waals surface area (Å²) in [4.78, 5) is 4.46. The maximum atomic E-state index is 4.46. The number of aryl methyl sites for hydroxylation is 1. The van der Waals surface area contributed by atoms with Crippen LogP contribution in [0.5, 0.6) is 0 Å². The summed E-state index contributed by atoms with van der Waals surface area (Å²) in [6, 6.07) is 0.764. The molecule has 0 radical (unpaired) electrons.